The summed E-state index contributed by atoms with van der Waals surface area (Å²) in [7, 11) is -4.26. The lowest BCUT2D eigenvalue weighted by atomic mass is 10.1. The number of nitrogens with one attached hydrogen (secondary N) is 1. The van der Waals surface area contributed by atoms with Crippen molar-refractivity contribution in [1.82, 2.24) is 14.5 Å². The fraction of sp³-hybridized carbons (Fsp3) is 0.263. The van der Waals surface area contributed by atoms with Crippen molar-refractivity contribution in [1.29, 1.82) is 0 Å². The molecule has 12 heteroatoms. The third kappa shape index (κ3) is 3.64. The number of aliphatic carboxylic acids is 1. The predicted molar refractivity (Wildman–Crippen MR) is 105 cm³/mol. The summed E-state index contributed by atoms with van der Waals surface area (Å²) in [6.07, 6.45) is -3.55. The van der Waals surface area contributed by atoms with Crippen molar-refractivity contribution >= 4 is 27.3 Å². The highest BCUT2D eigenvalue weighted by Crippen LogP contribution is 2.58. The predicted octanol–water partition coefficient (Wildman–Crippen LogP) is 3.49. The Balaban J connectivity index is 1.62. The van der Waals surface area contributed by atoms with Gasteiger partial charge in [-0.2, -0.15) is 23.0 Å². The molecule has 1 saturated carbocycles. The molecule has 1 fully saturated rings. The third-order valence-corrected chi connectivity index (χ3v) is 8.40. The van der Waals surface area contributed by atoms with Crippen LogP contribution in [0, 0.1) is 5.92 Å². The summed E-state index contributed by atoms with van der Waals surface area (Å²) in [5.41, 5.74) is -2.12. The molecule has 0 radical (unpaired) electrons. The van der Waals surface area contributed by atoms with Crippen LogP contribution >= 0.6 is 11.3 Å². The molecule has 7 nitrogen and oxygen atoms in total. The van der Waals surface area contributed by atoms with Crippen molar-refractivity contribution in [2.45, 2.75) is 28.8 Å². The fourth-order valence-electron chi connectivity index (χ4n) is 3.75. The molecule has 1 aliphatic carbocycles. The second kappa shape index (κ2) is 7.18. The highest BCUT2D eigenvalue weighted by Gasteiger charge is 2.70. The molecule has 0 saturated heterocycles. The van der Waals surface area contributed by atoms with E-state index in [9.17, 15) is 31.5 Å². The van der Waals surface area contributed by atoms with Gasteiger partial charge in [-0.15, -0.1) is 11.3 Å². The number of carboxylic acid groups (broad SMARTS) is 1. The average Bonchev–Trinajstić information content (AvgIpc) is 3.13. The number of thiophene rings is 1. The van der Waals surface area contributed by atoms with E-state index in [2.05, 4.69) is 9.82 Å². The third-order valence-electron chi connectivity index (χ3n) is 5.35. The number of alkyl halides is 3. The minimum absolute atomic E-state index is 0.142. The van der Waals surface area contributed by atoms with E-state index in [1.807, 2.05) is 0 Å². The van der Waals surface area contributed by atoms with Gasteiger partial charge in [0, 0.05) is 12.1 Å². The van der Waals surface area contributed by atoms with E-state index in [-0.39, 0.29) is 9.21 Å². The molecule has 164 valence electrons. The number of hydrogen-bond acceptors (Lipinski definition) is 5. The van der Waals surface area contributed by atoms with Gasteiger partial charge in [-0.3, -0.25) is 4.79 Å². The summed E-state index contributed by atoms with van der Waals surface area (Å²) in [5.74, 6) is -2.35. The monoisotopic (exact) mass is 471 g/mol. The average molecular weight is 471 g/mol. The molecular weight excluding hydrogens is 455 g/mol. The molecule has 0 aliphatic heterocycles. The van der Waals surface area contributed by atoms with Crippen LogP contribution in [0.3, 0.4) is 0 Å². The van der Waals surface area contributed by atoms with Gasteiger partial charge in [0.2, 0.25) is 0 Å². The highest BCUT2D eigenvalue weighted by molar-refractivity contribution is 7.91. The Bertz CT molecular complexity index is 1240. The van der Waals surface area contributed by atoms with Crippen LogP contribution in [-0.4, -0.2) is 34.8 Å². The molecule has 2 N–H and O–H groups in total. The molecule has 2 heterocycles. The van der Waals surface area contributed by atoms with Gasteiger partial charge >= 0.3 is 12.1 Å². The van der Waals surface area contributed by atoms with E-state index in [0.717, 1.165) is 16.9 Å². The minimum Gasteiger partial charge on any atom is -0.480 e. The minimum atomic E-state index is -4.62. The molecule has 1 aliphatic rings. The van der Waals surface area contributed by atoms with Gasteiger partial charge in [0.1, 0.15) is 14.7 Å². The molecular formula is C19H16F3N3O4S2. The number of carbonyl (C=O) groups is 1. The Morgan fingerprint density at radius 3 is 2.45 bits per heavy atom. The lowest BCUT2D eigenvalue weighted by molar-refractivity contribution is -0.141. The Morgan fingerprint density at radius 1 is 1.19 bits per heavy atom. The van der Waals surface area contributed by atoms with Crippen LogP contribution in [-0.2, 0) is 21.0 Å². The number of nitrogens with zero attached hydrogens (tertiary/aromatic N) is 2. The van der Waals surface area contributed by atoms with E-state index in [4.69, 9.17) is 0 Å². The first kappa shape index (κ1) is 21.5. The van der Waals surface area contributed by atoms with E-state index in [0.29, 0.717) is 16.9 Å². The second-order valence-electron chi connectivity index (χ2n) is 7.19. The van der Waals surface area contributed by atoms with Crippen molar-refractivity contribution in [3.05, 3.63) is 66.0 Å². The highest BCUT2D eigenvalue weighted by atomic mass is 32.2. The van der Waals surface area contributed by atoms with Crippen molar-refractivity contribution in [2.75, 3.05) is 0 Å². The van der Waals surface area contributed by atoms with Crippen LogP contribution in [0.15, 0.2) is 58.9 Å². The standard InChI is InChI=1S/C19H16F3N3O4S2/c1-11-16(12-5-3-2-4-6-12)18(11,17(26)27)24-31(28,29)15-8-7-14(30-15)25-10-9-13(23-25)19(20,21)22/h2-11,16,24H,1H3,(H,26,27)/t11-,16-,18+/m1/s1. The number of rotatable bonds is 6. The van der Waals surface area contributed by atoms with E-state index in [1.165, 1.54) is 12.1 Å². The maximum atomic E-state index is 13.0. The molecule has 3 atom stereocenters. The van der Waals surface area contributed by atoms with Crippen LogP contribution in [0.25, 0.3) is 5.00 Å². The first-order chi connectivity index (χ1) is 14.5. The van der Waals surface area contributed by atoms with Crippen LogP contribution in [0.4, 0.5) is 13.2 Å². The molecule has 0 spiro atoms. The smallest absolute Gasteiger partial charge is 0.435 e. The zero-order valence-corrected chi connectivity index (χ0v) is 17.5. The molecule has 3 aromatic rings. The first-order valence-electron chi connectivity index (χ1n) is 9.02. The number of halogens is 3. The topological polar surface area (TPSA) is 101 Å². The van der Waals surface area contributed by atoms with E-state index < -0.39 is 45.2 Å². The summed E-state index contributed by atoms with van der Waals surface area (Å²) in [6.45, 7) is 1.65. The van der Waals surface area contributed by atoms with Crippen LogP contribution in [0.1, 0.15) is 24.1 Å². The molecule has 0 bridgehead atoms. The van der Waals surface area contributed by atoms with Gasteiger partial charge in [0.15, 0.2) is 5.69 Å². The van der Waals surface area contributed by atoms with Crippen LogP contribution in [0.2, 0.25) is 0 Å². The maximum absolute atomic E-state index is 13.0. The summed E-state index contributed by atoms with van der Waals surface area (Å²) in [6, 6.07) is 12.0. The van der Waals surface area contributed by atoms with Gasteiger partial charge < -0.3 is 5.11 Å². The zero-order valence-electron chi connectivity index (χ0n) is 15.9. The van der Waals surface area contributed by atoms with Crippen molar-refractivity contribution in [3.8, 4) is 5.00 Å². The van der Waals surface area contributed by atoms with Gasteiger partial charge in [0.25, 0.3) is 10.0 Å². The Morgan fingerprint density at radius 2 is 1.87 bits per heavy atom. The van der Waals surface area contributed by atoms with Gasteiger partial charge in [-0.25, -0.2) is 13.1 Å². The Kier molecular flexibility index (Phi) is 4.98. The summed E-state index contributed by atoms with van der Waals surface area (Å²) < 4.78 is 67.2. The quantitative estimate of drug-likeness (QED) is 0.573. The van der Waals surface area contributed by atoms with Crippen LogP contribution in [0.5, 0.6) is 0 Å². The lowest BCUT2D eigenvalue weighted by Crippen LogP contribution is -2.45. The zero-order chi connectivity index (χ0) is 22.6. The summed E-state index contributed by atoms with van der Waals surface area (Å²) in [5, 5.41) is 13.4. The van der Waals surface area contributed by atoms with Crippen molar-refractivity contribution in [3.63, 3.8) is 0 Å². The van der Waals surface area contributed by atoms with Crippen LogP contribution < -0.4 is 4.72 Å². The molecule has 0 amide bonds. The molecule has 0 unspecified atom stereocenters. The van der Waals surface area contributed by atoms with Crippen molar-refractivity contribution in [2.24, 2.45) is 5.92 Å². The molecule has 2 aromatic heterocycles. The van der Waals surface area contributed by atoms with Crippen molar-refractivity contribution < 1.29 is 31.5 Å². The summed E-state index contributed by atoms with van der Waals surface area (Å²) >= 11 is 0.685. The molecule has 4 rings (SSSR count). The number of carboxylic acids is 1. The second-order valence-corrected chi connectivity index (χ2v) is 10.2. The number of benzene rings is 1. The maximum Gasteiger partial charge on any atom is 0.435 e. The SMILES string of the molecule is C[C@@H]1[C@H](c2ccccc2)[C@]1(NS(=O)(=O)c1ccc(-n2ccc(C(F)(F)F)n2)s1)C(=O)O. The van der Waals surface area contributed by atoms with E-state index >= 15 is 0 Å². The van der Waals surface area contributed by atoms with Gasteiger partial charge in [-0.1, -0.05) is 37.3 Å². The molecule has 31 heavy (non-hydrogen) atoms. The lowest BCUT2D eigenvalue weighted by Gasteiger charge is -2.15. The fourth-order valence-corrected chi connectivity index (χ4v) is 6.44. The normalized spacial score (nSPS) is 23.6. The number of hydrogen-bond donors (Lipinski definition) is 2. The summed E-state index contributed by atoms with van der Waals surface area (Å²) in [4.78, 5) is 12.1. The largest absolute Gasteiger partial charge is 0.480 e. The Hall–Kier alpha value is -2.70. The van der Waals surface area contributed by atoms with Gasteiger partial charge in [0.05, 0.1) is 0 Å². The Labute approximate surface area is 179 Å². The number of sulfonamides is 1. The number of aromatic nitrogens is 2. The first-order valence-corrected chi connectivity index (χ1v) is 11.3. The van der Waals surface area contributed by atoms with Gasteiger partial charge in [-0.05, 0) is 29.7 Å². The van der Waals surface area contributed by atoms with E-state index in [1.54, 1.807) is 37.3 Å². The molecule has 1 aromatic carbocycles.